The molecular formula is C28H22BrN3O4S. The van der Waals surface area contributed by atoms with Gasteiger partial charge in [-0.25, -0.2) is 0 Å². The smallest absolute Gasteiger partial charge is 0.272 e. The molecule has 7 nitrogen and oxygen atoms in total. The average molecular weight is 576 g/mol. The van der Waals surface area contributed by atoms with Gasteiger partial charge in [0, 0.05) is 32.4 Å². The van der Waals surface area contributed by atoms with Crippen LogP contribution in [0, 0.1) is 0 Å². The molecular weight excluding hydrogens is 554 g/mol. The number of furan rings is 1. The normalized spacial score (nSPS) is 11.0. The van der Waals surface area contributed by atoms with Crippen LogP contribution in [-0.4, -0.2) is 23.5 Å². The SMILES string of the molecule is O=C(CSc1cccc(NC(=O)/C(=C/c2ccco2)NC(=O)c2ccccc2)c1)Nc1ccc(Br)cc1. The standard InChI is InChI=1S/C28H22BrN3O4S/c29-20-11-13-21(14-12-20)30-26(33)18-37-24-10-4-8-22(16-24)31-28(35)25(17-23-9-5-15-36-23)32-27(34)19-6-2-1-3-7-19/h1-17H,18H2,(H,30,33)(H,31,35)(H,32,34)/b25-17-. The van der Waals surface area contributed by atoms with Crippen LogP contribution in [0.25, 0.3) is 6.08 Å². The van der Waals surface area contributed by atoms with E-state index in [4.69, 9.17) is 4.42 Å². The maximum Gasteiger partial charge on any atom is 0.272 e. The van der Waals surface area contributed by atoms with Gasteiger partial charge in [-0.05, 0) is 66.7 Å². The van der Waals surface area contributed by atoms with Crippen molar-refractivity contribution in [1.29, 1.82) is 0 Å². The molecule has 0 atom stereocenters. The molecule has 1 heterocycles. The first-order valence-corrected chi connectivity index (χ1v) is 13.0. The molecule has 186 valence electrons. The van der Waals surface area contributed by atoms with Crippen molar-refractivity contribution in [3.8, 4) is 0 Å². The predicted octanol–water partition coefficient (Wildman–Crippen LogP) is 6.18. The van der Waals surface area contributed by atoms with Gasteiger partial charge in [-0.3, -0.25) is 14.4 Å². The summed E-state index contributed by atoms with van der Waals surface area (Å²) in [6.07, 6.45) is 2.94. The Bertz CT molecular complexity index is 1410. The molecule has 4 rings (SSSR count). The van der Waals surface area contributed by atoms with Gasteiger partial charge in [0.15, 0.2) is 0 Å². The van der Waals surface area contributed by atoms with Crippen molar-refractivity contribution in [2.24, 2.45) is 0 Å². The monoisotopic (exact) mass is 575 g/mol. The van der Waals surface area contributed by atoms with E-state index in [-0.39, 0.29) is 17.4 Å². The van der Waals surface area contributed by atoms with Crippen molar-refractivity contribution in [2.45, 2.75) is 4.90 Å². The molecule has 0 unspecified atom stereocenters. The Morgan fingerprint density at radius 2 is 1.62 bits per heavy atom. The minimum absolute atomic E-state index is 0.0238. The molecule has 1 aromatic heterocycles. The van der Waals surface area contributed by atoms with E-state index >= 15 is 0 Å². The summed E-state index contributed by atoms with van der Waals surface area (Å²) in [4.78, 5) is 38.9. The second-order valence-electron chi connectivity index (χ2n) is 7.72. The molecule has 0 bridgehead atoms. The summed E-state index contributed by atoms with van der Waals surface area (Å²) in [7, 11) is 0. The number of thioether (sulfide) groups is 1. The van der Waals surface area contributed by atoms with Gasteiger partial charge in [0.25, 0.3) is 11.8 Å². The fraction of sp³-hybridized carbons (Fsp3) is 0.0357. The number of carbonyl (C=O) groups is 3. The average Bonchev–Trinajstić information content (AvgIpc) is 3.42. The highest BCUT2D eigenvalue weighted by Crippen LogP contribution is 2.23. The minimum atomic E-state index is -0.518. The van der Waals surface area contributed by atoms with E-state index in [9.17, 15) is 14.4 Å². The van der Waals surface area contributed by atoms with Gasteiger partial charge in [0.2, 0.25) is 5.91 Å². The van der Waals surface area contributed by atoms with Gasteiger partial charge in [-0.1, -0.05) is 40.2 Å². The van der Waals surface area contributed by atoms with Crippen LogP contribution in [0.5, 0.6) is 0 Å². The number of benzene rings is 3. The van der Waals surface area contributed by atoms with Crippen LogP contribution in [0.3, 0.4) is 0 Å². The van der Waals surface area contributed by atoms with Gasteiger partial charge in [-0.2, -0.15) is 0 Å². The molecule has 0 fully saturated rings. The van der Waals surface area contributed by atoms with Crippen LogP contribution >= 0.6 is 27.7 Å². The van der Waals surface area contributed by atoms with Crippen molar-refractivity contribution in [3.05, 3.63) is 119 Å². The highest BCUT2D eigenvalue weighted by atomic mass is 79.9. The predicted molar refractivity (Wildman–Crippen MR) is 149 cm³/mol. The Labute approximate surface area is 226 Å². The molecule has 37 heavy (non-hydrogen) atoms. The quantitative estimate of drug-likeness (QED) is 0.163. The molecule has 4 aromatic rings. The molecule has 0 saturated carbocycles. The number of nitrogens with one attached hydrogen (secondary N) is 3. The van der Waals surface area contributed by atoms with Crippen LogP contribution < -0.4 is 16.0 Å². The number of amides is 3. The van der Waals surface area contributed by atoms with Crippen molar-refractivity contribution in [3.63, 3.8) is 0 Å². The zero-order chi connectivity index (χ0) is 26.0. The van der Waals surface area contributed by atoms with Crippen molar-refractivity contribution >= 4 is 62.9 Å². The molecule has 3 N–H and O–H groups in total. The van der Waals surface area contributed by atoms with Crippen molar-refractivity contribution < 1.29 is 18.8 Å². The maximum absolute atomic E-state index is 13.1. The van der Waals surface area contributed by atoms with Crippen LogP contribution in [0.1, 0.15) is 16.1 Å². The zero-order valence-corrected chi connectivity index (χ0v) is 21.8. The molecule has 0 saturated heterocycles. The molecule has 0 aliphatic rings. The Kier molecular flexibility index (Phi) is 8.96. The first-order chi connectivity index (χ1) is 18.0. The molecule has 3 amide bonds. The van der Waals surface area contributed by atoms with Gasteiger partial charge < -0.3 is 20.4 Å². The van der Waals surface area contributed by atoms with E-state index in [0.29, 0.717) is 22.7 Å². The van der Waals surface area contributed by atoms with Crippen LogP contribution in [0.2, 0.25) is 0 Å². The molecule has 0 aliphatic heterocycles. The summed E-state index contributed by atoms with van der Waals surface area (Å²) in [5, 5.41) is 8.31. The summed E-state index contributed by atoms with van der Waals surface area (Å²) < 4.78 is 6.25. The molecule has 0 aliphatic carbocycles. The number of hydrogen-bond acceptors (Lipinski definition) is 5. The zero-order valence-electron chi connectivity index (χ0n) is 19.4. The van der Waals surface area contributed by atoms with Crippen LogP contribution in [0.15, 0.2) is 117 Å². The van der Waals surface area contributed by atoms with Crippen LogP contribution in [0.4, 0.5) is 11.4 Å². The summed E-state index contributed by atoms with van der Waals surface area (Å²) in [6, 6.07) is 26.4. The number of anilines is 2. The fourth-order valence-corrected chi connectivity index (χ4v) is 4.22. The number of carbonyl (C=O) groups excluding carboxylic acids is 3. The Morgan fingerprint density at radius 1 is 0.838 bits per heavy atom. The van der Waals surface area contributed by atoms with E-state index in [1.54, 1.807) is 60.7 Å². The third kappa shape index (κ3) is 7.96. The Morgan fingerprint density at radius 3 is 2.35 bits per heavy atom. The highest BCUT2D eigenvalue weighted by molar-refractivity contribution is 9.10. The largest absolute Gasteiger partial charge is 0.465 e. The number of halogens is 1. The first kappa shape index (κ1) is 26.0. The van der Waals surface area contributed by atoms with E-state index in [0.717, 1.165) is 9.37 Å². The van der Waals surface area contributed by atoms with Gasteiger partial charge in [0.05, 0.1) is 12.0 Å². The molecule has 9 heteroatoms. The second-order valence-corrected chi connectivity index (χ2v) is 9.68. The summed E-state index contributed by atoms with van der Waals surface area (Å²) >= 11 is 4.71. The van der Waals surface area contributed by atoms with Crippen LogP contribution in [-0.2, 0) is 9.59 Å². The lowest BCUT2D eigenvalue weighted by molar-refractivity contribution is -0.114. The van der Waals surface area contributed by atoms with Crippen molar-refractivity contribution in [2.75, 3.05) is 16.4 Å². The minimum Gasteiger partial charge on any atom is -0.465 e. The van der Waals surface area contributed by atoms with E-state index in [2.05, 4.69) is 31.9 Å². The molecule has 0 radical (unpaired) electrons. The Hall–Kier alpha value is -4.08. The van der Waals surface area contributed by atoms with E-state index < -0.39 is 11.8 Å². The maximum atomic E-state index is 13.1. The topological polar surface area (TPSA) is 100 Å². The lowest BCUT2D eigenvalue weighted by Gasteiger charge is -2.12. The lowest BCUT2D eigenvalue weighted by atomic mass is 10.2. The number of rotatable bonds is 9. The summed E-state index contributed by atoms with van der Waals surface area (Å²) in [5.41, 5.74) is 1.67. The Balaban J connectivity index is 1.40. The summed E-state index contributed by atoms with van der Waals surface area (Å²) in [6.45, 7) is 0. The second kappa shape index (κ2) is 12.8. The van der Waals surface area contributed by atoms with E-state index in [1.165, 1.54) is 24.1 Å². The van der Waals surface area contributed by atoms with Crippen molar-refractivity contribution in [1.82, 2.24) is 5.32 Å². The number of hydrogen-bond donors (Lipinski definition) is 3. The lowest BCUT2D eigenvalue weighted by Crippen LogP contribution is -2.30. The highest BCUT2D eigenvalue weighted by Gasteiger charge is 2.16. The third-order valence-corrected chi connectivity index (χ3v) is 6.47. The molecule has 0 spiro atoms. The van der Waals surface area contributed by atoms with Gasteiger partial charge in [-0.15, -0.1) is 11.8 Å². The van der Waals surface area contributed by atoms with Gasteiger partial charge >= 0.3 is 0 Å². The van der Waals surface area contributed by atoms with E-state index in [1.807, 2.05) is 30.3 Å². The molecule has 3 aromatic carbocycles. The first-order valence-electron chi connectivity index (χ1n) is 11.2. The third-order valence-electron chi connectivity index (χ3n) is 4.95. The fourth-order valence-electron chi connectivity index (χ4n) is 3.20. The summed E-state index contributed by atoms with van der Waals surface area (Å²) in [5.74, 6) is -0.469. The van der Waals surface area contributed by atoms with Gasteiger partial charge in [0.1, 0.15) is 11.5 Å².